The molecule has 0 aromatic carbocycles. The molecule has 0 saturated heterocycles. The number of hydrogen-bond donors (Lipinski definition) is 0. The van der Waals surface area contributed by atoms with Crippen LogP contribution in [0.25, 0.3) is 0 Å². The van der Waals surface area contributed by atoms with Crippen molar-refractivity contribution in [3.8, 4) is 6.07 Å². The molecule has 2 rings (SSSR count). The van der Waals surface area contributed by atoms with E-state index in [1.807, 2.05) is 17.9 Å². The van der Waals surface area contributed by atoms with Crippen molar-refractivity contribution in [1.82, 2.24) is 9.78 Å². The molecule has 1 heterocycles. The molecule has 0 N–H and O–H groups in total. The second kappa shape index (κ2) is 4.91. The third-order valence-electron chi connectivity index (χ3n) is 4.11. The van der Waals surface area contributed by atoms with Gasteiger partial charge in [0.2, 0.25) is 0 Å². The molecule has 1 fully saturated rings. The quantitative estimate of drug-likeness (QED) is 0.802. The van der Waals surface area contributed by atoms with E-state index < -0.39 is 0 Å². The number of aryl methyl sites for hydroxylation is 2. The summed E-state index contributed by atoms with van der Waals surface area (Å²) in [5.74, 6) is 0.704. The number of nitriles is 1. The Kier molecular flexibility index (Phi) is 3.51. The predicted octanol–water partition coefficient (Wildman–Crippen LogP) is 3.07. The molecule has 92 valence electrons. The van der Waals surface area contributed by atoms with Gasteiger partial charge < -0.3 is 0 Å². The highest BCUT2D eigenvalue weighted by Gasteiger charge is 2.34. The van der Waals surface area contributed by atoms with Gasteiger partial charge in [0.25, 0.3) is 0 Å². The Balaban J connectivity index is 2.01. The highest BCUT2D eigenvalue weighted by molar-refractivity contribution is 5.06. The first-order valence-corrected chi connectivity index (χ1v) is 6.53. The van der Waals surface area contributed by atoms with Crippen LogP contribution in [0.2, 0.25) is 0 Å². The van der Waals surface area contributed by atoms with E-state index in [-0.39, 0.29) is 5.41 Å². The summed E-state index contributed by atoms with van der Waals surface area (Å²) in [6, 6.07) is 4.65. The number of rotatable bonds is 3. The zero-order chi connectivity index (χ0) is 12.3. The largest absolute Gasteiger partial charge is 0.273 e. The highest BCUT2D eigenvalue weighted by atomic mass is 15.2. The molecule has 0 bridgehead atoms. The van der Waals surface area contributed by atoms with Gasteiger partial charge >= 0.3 is 0 Å². The van der Waals surface area contributed by atoms with Crippen molar-refractivity contribution >= 4 is 0 Å². The Morgan fingerprint density at radius 3 is 3.06 bits per heavy atom. The van der Waals surface area contributed by atoms with E-state index in [4.69, 9.17) is 0 Å². The van der Waals surface area contributed by atoms with Gasteiger partial charge in [0.1, 0.15) is 0 Å². The SMILES string of the molecule is CC1CCCC(C#N)(CCc2ccnn2C)C1. The second-order valence-corrected chi connectivity index (χ2v) is 5.54. The van der Waals surface area contributed by atoms with Crippen LogP contribution in [0.1, 0.15) is 44.7 Å². The van der Waals surface area contributed by atoms with Gasteiger partial charge in [0.05, 0.1) is 11.5 Å². The summed E-state index contributed by atoms with van der Waals surface area (Å²) in [7, 11) is 1.97. The van der Waals surface area contributed by atoms with Crippen LogP contribution < -0.4 is 0 Å². The molecule has 1 aliphatic carbocycles. The Bertz CT molecular complexity index is 415. The summed E-state index contributed by atoms with van der Waals surface area (Å²) in [4.78, 5) is 0. The molecule has 3 heteroatoms. The van der Waals surface area contributed by atoms with Crippen LogP contribution in [0.3, 0.4) is 0 Å². The summed E-state index contributed by atoms with van der Waals surface area (Å²) >= 11 is 0. The van der Waals surface area contributed by atoms with Crippen LogP contribution in [0.4, 0.5) is 0 Å². The second-order valence-electron chi connectivity index (χ2n) is 5.54. The fourth-order valence-electron chi connectivity index (χ4n) is 3.06. The highest BCUT2D eigenvalue weighted by Crippen LogP contribution is 2.42. The van der Waals surface area contributed by atoms with Crippen LogP contribution >= 0.6 is 0 Å². The van der Waals surface area contributed by atoms with Crippen molar-refractivity contribution in [2.24, 2.45) is 18.4 Å². The molecule has 1 saturated carbocycles. The smallest absolute Gasteiger partial charge is 0.0689 e. The molecule has 0 radical (unpaired) electrons. The zero-order valence-corrected chi connectivity index (χ0v) is 10.8. The maximum atomic E-state index is 9.48. The molecule has 3 nitrogen and oxygen atoms in total. The average Bonchev–Trinajstić information content (AvgIpc) is 2.72. The minimum atomic E-state index is -0.0814. The Morgan fingerprint density at radius 1 is 1.65 bits per heavy atom. The molecule has 2 unspecified atom stereocenters. The molecule has 1 aliphatic rings. The Labute approximate surface area is 103 Å². The topological polar surface area (TPSA) is 41.6 Å². The number of aromatic nitrogens is 2. The third kappa shape index (κ3) is 2.69. The summed E-state index contributed by atoms with van der Waals surface area (Å²) in [5.41, 5.74) is 1.15. The number of nitrogens with zero attached hydrogens (tertiary/aromatic N) is 3. The summed E-state index contributed by atoms with van der Waals surface area (Å²) in [6.45, 7) is 2.27. The number of hydrogen-bond acceptors (Lipinski definition) is 2. The Morgan fingerprint density at radius 2 is 2.47 bits per heavy atom. The van der Waals surface area contributed by atoms with E-state index in [1.165, 1.54) is 18.5 Å². The van der Waals surface area contributed by atoms with Gasteiger partial charge in [-0.3, -0.25) is 4.68 Å². The van der Waals surface area contributed by atoms with Gasteiger partial charge in [-0.15, -0.1) is 0 Å². The lowest BCUT2D eigenvalue weighted by atomic mass is 9.68. The first kappa shape index (κ1) is 12.2. The fourth-order valence-corrected chi connectivity index (χ4v) is 3.06. The van der Waals surface area contributed by atoms with Gasteiger partial charge in [-0.2, -0.15) is 10.4 Å². The Hall–Kier alpha value is -1.30. The molecular formula is C14H21N3. The van der Waals surface area contributed by atoms with Crippen LogP contribution in [0, 0.1) is 22.7 Å². The van der Waals surface area contributed by atoms with E-state index >= 15 is 0 Å². The predicted molar refractivity (Wildman–Crippen MR) is 67.2 cm³/mol. The van der Waals surface area contributed by atoms with Gasteiger partial charge in [0, 0.05) is 18.9 Å². The van der Waals surface area contributed by atoms with Gasteiger partial charge in [-0.1, -0.05) is 19.8 Å². The van der Waals surface area contributed by atoms with Crippen molar-refractivity contribution < 1.29 is 0 Å². The monoisotopic (exact) mass is 231 g/mol. The lowest BCUT2D eigenvalue weighted by Crippen LogP contribution is -2.27. The van der Waals surface area contributed by atoms with Gasteiger partial charge in [0.15, 0.2) is 0 Å². The maximum Gasteiger partial charge on any atom is 0.0689 e. The molecule has 17 heavy (non-hydrogen) atoms. The van der Waals surface area contributed by atoms with Crippen molar-refractivity contribution in [3.63, 3.8) is 0 Å². The molecule has 1 aromatic heterocycles. The third-order valence-corrected chi connectivity index (χ3v) is 4.11. The minimum absolute atomic E-state index is 0.0814. The fraction of sp³-hybridized carbons (Fsp3) is 0.714. The van der Waals surface area contributed by atoms with Crippen LogP contribution in [0.5, 0.6) is 0 Å². The lowest BCUT2D eigenvalue weighted by Gasteiger charge is -2.34. The van der Waals surface area contributed by atoms with Crippen molar-refractivity contribution in [2.45, 2.75) is 45.4 Å². The van der Waals surface area contributed by atoms with E-state index in [0.717, 1.165) is 25.7 Å². The first-order valence-electron chi connectivity index (χ1n) is 6.53. The molecule has 2 atom stereocenters. The van der Waals surface area contributed by atoms with E-state index in [9.17, 15) is 5.26 Å². The van der Waals surface area contributed by atoms with Crippen molar-refractivity contribution in [3.05, 3.63) is 18.0 Å². The molecule has 1 aromatic rings. The van der Waals surface area contributed by atoms with Gasteiger partial charge in [-0.25, -0.2) is 0 Å². The zero-order valence-electron chi connectivity index (χ0n) is 10.8. The van der Waals surface area contributed by atoms with Crippen molar-refractivity contribution in [2.75, 3.05) is 0 Å². The van der Waals surface area contributed by atoms with Gasteiger partial charge in [-0.05, 0) is 37.7 Å². The molecule has 0 amide bonds. The van der Waals surface area contributed by atoms with Crippen LogP contribution in [-0.2, 0) is 13.5 Å². The average molecular weight is 231 g/mol. The summed E-state index contributed by atoms with van der Waals surface area (Å²) in [5, 5.41) is 13.7. The molecule has 0 spiro atoms. The van der Waals surface area contributed by atoms with E-state index in [0.29, 0.717) is 5.92 Å². The standard InChI is InChI=1S/C14H21N3/c1-12-4-3-7-14(10-12,11-15)8-5-13-6-9-16-17(13)2/h6,9,12H,3-5,7-8,10H2,1-2H3. The van der Waals surface area contributed by atoms with E-state index in [2.05, 4.69) is 24.2 Å². The van der Waals surface area contributed by atoms with Crippen molar-refractivity contribution in [1.29, 1.82) is 5.26 Å². The first-order chi connectivity index (χ1) is 8.15. The van der Waals surface area contributed by atoms with Crippen LogP contribution in [-0.4, -0.2) is 9.78 Å². The van der Waals surface area contributed by atoms with Crippen LogP contribution in [0.15, 0.2) is 12.3 Å². The van der Waals surface area contributed by atoms with E-state index in [1.54, 1.807) is 0 Å². The molecule has 0 aliphatic heterocycles. The lowest BCUT2D eigenvalue weighted by molar-refractivity contribution is 0.196. The normalized spacial score (nSPS) is 28.9. The molecular weight excluding hydrogens is 210 g/mol. The minimum Gasteiger partial charge on any atom is -0.273 e. The summed E-state index contributed by atoms with van der Waals surface area (Å²) in [6.07, 6.45) is 8.42. The maximum absolute atomic E-state index is 9.48. The summed E-state index contributed by atoms with van der Waals surface area (Å²) < 4.78 is 1.91.